The molecule has 134 valence electrons. The number of carbonyl (C=O) groups is 1. The van der Waals surface area contributed by atoms with Crippen LogP contribution in [0.3, 0.4) is 0 Å². The van der Waals surface area contributed by atoms with Gasteiger partial charge in [-0.1, -0.05) is 5.92 Å². The summed E-state index contributed by atoms with van der Waals surface area (Å²) in [4.78, 5) is 11.4. The van der Waals surface area contributed by atoms with E-state index in [0.29, 0.717) is 0 Å². The standard InChI is InChI=1S/C17H24O7/c1-7-10(18)13-15(24-17(4,5)22-13)14-11(8-9-12(19)20-6)21-16(2,3)23-14/h1,8-11,13-15,18H,2-6H3/b9-8+/t10-,11-,13+,14+,15+/m0/s1. The average Bonchev–Trinajstić information content (AvgIpc) is 2.99. The molecule has 0 unspecified atom stereocenters. The molecule has 0 aromatic carbocycles. The number of methoxy groups -OCH3 is 1. The normalized spacial score (nSPS) is 35.7. The molecule has 0 aliphatic carbocycles. The highest BCUT2D eigenvalue weighted by atomic mass is 16.8. The number of carbonyl (C=O) groups excluding carboxylic acids is 1. The molecule has 2 aliphatic heterocycles. The van der Waals surface area contributed by atoms with Gasteiger partial charge in [-0.15, -0.1) is 6.42 Å². The molecular formula is C17H24O7. The van der Waals surface area contributed by atoms with Gasteiger partial charge in [0.1, 0.15) is 30.5 Å². The van der Waals surface area contributed by atoms with Gasteiger partial charge >= 0.3 is 5.97 Å². The Hall–Kier alpha value is -1.43. The summed E-state index contributed by atoms with van der Waals surface area (Å²) < 4.78 is 27.9. The first-order chi connectivity index (χ1) is 11.1. The summed E-state index contributed by atoms with van der Waals surface area (Å²) in [6.07, 6.45) is 4.32. The van der Waals surface area contributed by atoms with Gasteiger partial charge in [-0.05, 0) is 33.8 Å². The lowest BCUT2D eigenvalue weighted by molar-refractivity contribution is -0.175. The number of esters is 1. The summed E-state index contributed by atoms with van der Waals surface area (Å²) >= 11 is 0. The first-order valence-corrected chi connectivity index (χ1v) is 7.70. The molecule has 7 heteroatoms. The number of aliphatic hydroxyl groups excluding tert-OH is 1. The van der Waals surface area contributed by atoms with E-state index in [0.717, 1.165) is 0 Å². The molecule has 2 rings (SSSR count). The molecule has 5 atom stereocenters. The topological polar surface area (TPSA) is 83.5 Å². The van der Waals surface area contributed by atoms with Crippen molar-refractivity contribution in [2.75, 3.05) is 7.11 Å². The number of terminal acetylenes is 1. The summed E-state index contributed by atoms with van der Waals surface area (Å²) in [6, 6.07) is 0. The van der Waals surface area contributed by atoms with E-state index < -0.39 is 48.1 Å². The van der Waals surface area contributed by atoms with Gasteiger partial charge in [0.15, 0.2) is 11.6 Å². The minimum Gasteiger partial charge on any atom is -0.466 e. The van der Waals surface area contributed by atoms with E-state index in [-0.39, 0.29) is 0 Å². The maximum atomic E-state index is 11.4. The van der Waals surface area contributed by atoms with Crippen molar-refractivity contribution in [3.05, 3.63) is 12.2 Å². The van der Waals surface area contributed by atoms with E-state index >= 15 is 0 Å². The van der Waals surface area contributed by atoms with Crippen LogP contribution >= 0.6 is 0 Å². The van der Waals surface area contributed by atoms with Gasteiger partial charge in [-0.2, -0.15) is 0 Å². The Morgan fingerprint density at radius 2 is 1.75 bits per heavy atom. The van der Waals surface area contributed by atoms with Crippen molar-refractivity contribution in [1.82, 2.24) is 0 Å². The van der Waals surface area contributed by atoms with Crippen molar-refractivity contribution in [2.24, 2.45) is 0 Å². The van der Waals surface area contributed by atoms with Crippen LogP contribution in [0.25, 0.3) is 0 Å². The van der Waals surface area contributed by atoms with Crippen molar-refractivity contribution in [3.63, 3.8) is 0 Å². The van der Waals surface area contributed by atoms with Crippen LogP contribution in [0.5, 0.6) is 0 Å². The largest absolute Gasteiger partial charge is 0.466 e. The molecule has 2 heterocycles. The highest BCUT2D eigenvalue weighted by Gasteiger charge is 2.54. The van der Waals surface area contributed by atoms with Gasteiger partial charge in [0.05, 0.1) is 7.11 Å². The number of aliphatic hydroxyl groups is 1. The van der Waals surface area contributed by atoms with E-state index in [1.807, 2.05) is 0 Å². The monoisotopic (exact) mass is 340 g/mol. The van der Waals surface area contributed by atoms with Gasteiger partial charge in [-0.3, -0.25) is 0 Å². The lowest BCUT2D eigenvalue weighted by atomic mass is 9.99. The Morgan fingerprint density at radius 3 is 2.33 bits per heavy atom. The molecule has 2 saturated heterocycles. The maximum absolute atomic E-state index is 11.4. The van der Waals surface area contributed by atoms with Crippen LogP contribution in [0, 0.1) is 12.3 Å². The minimum atomic E-state index is -1.16. The van der Waals surface area contributed by atoms with E-state index in [9.17, 15) is 9.90 Å². The molecule has 24 heavy (non-hydrogen) atoms. The van der Waals surface area contributed by atoms with Crippen LogP contribution < -0.4 is 0 Å². The number of rotatable bonds is 4. The summed E-state index contributed by atoms with van der Waals surface area (Å²) in [5.74, 6) is -0.0751. The maximum Gasteiger partial charge on any atom is 0.330 e. The van der Waals surface area contributed by atoms with E-state index in [1.165, 1.54) is 13.2 Å². The fraction of sp³-hybridized carbons (Fsp3) is 0.706. The molecule has 0 aromatic heterocycles. The summed E-state index contributed by atoms with van der Waals surface area (Å²) in [7, 11) is 1.29. The van der Waals surface area contributed by atoms with Crippen molar-refractivity contribution in [3.8, 4) is 12.3 Å². The quantitative estimate of drug-likeness (QED) is 0.459. The van der Waals surface area contributed by atoms with E-state index in [4.69, 9.17) is 25.4 Å². The third-order valence-electron chi connectivity index (χ3n) is 3.76. The van der Waals surface area contributed by atoms with Crippen LogP contribution in [0.1, 0.15) is 27.7 Å². The second kappa shape index (κ2) is 6.82. The average molecular weight is 340 g/mol. The molecule has 0 amide bonds. The number of hydrogen-bond acceptors (Lipinski definition) is 7. The summed E-state index contributed by atoms with van der Waals surface area (Å²) in [6.45, 7) is 6.95. The predicted molar refractivity (Wildman–Crippen MR) is 83.6 cm³/mol. The Morgan fingerprint density at radius 1 is 1.17 bits per heavy atom. The Balaban J connectivity index is 2.26. The fourth-order valence-electron chi connectivity index (χ4n) is 2.87. The van der Waals surface area contributed by atoms with Gasteiger partial charge in [-0.25, -0.2) is 4.79 Å². The first-order valence-electron chi connectivity index (χ1n) is 7.70. The lowest BCUT2D eigenvalue weighted by Crippen LogP contribution is -2.45. The van der Waals surface area contributed by atoms with Crippen molar-refractivity contribution in [1.29, 1.82) is 0 Å². The molecule has 2 aliphatic rings. The van der Waals surface area contributed by atoms with Crippen molar-refractivity contribution < 1.29 is 33.6 Å². The molecule has 0 saturated carbocycles. The molecule has 0 bridgehead atoms. The highest BCUT2D eigenvalue weighted by Crippen LogP contribution is 2.39. The second-order valence-electron chi connectivity index (χ2n) is 6.62. The summed E-state index contributed by atoms with van der Waals surface area (Å²) in [5, 5.41) is 10.1. The van der Waals surface area contributed by atoms with Crippen molar-refractivity contribution >= 4 is 5.97 Å². The van der Waals surface area contributed by atoms with Gasteiger partial charge in [0.25, 0.3) is 0 Å². The van der Waals surface area contributed by atoms with E-state index in [1.54, 1.807) is 33.8 Å². The van der Waals surface area contributed by atoms with Crippen LogP contribution in [0.15, 0.2) is 12.2 Å². The van der Waals surface area contributed by atoms with Crippen LogP contribution in [-0.4, -0.2) is 60.3 Å². The number of hydrogen-bond donors (Lipinski definition) is 1. The van der Waals surface area contributed by atoms with E-state index in [2.05, 4.69) is 10.7 Å². The molecule has 0 radical (unpaired) electrons. The first kappa shape index (κ1) is 18.9. The van der Waals surface area contributed by atoms with Gasteiger partial charge < -0.3 is 28.8 Å². The third kappa shape index (κ3) is 4.15. The van der Waals surface area contributed by atoms with Gasteiger partial charge in [0, 0.05) is 6.08 Å². The molecule has 0 aromatic rings. The van der Waals surface area contributed by atoms with Crippen LogP contribution in [0.2, 0.25) is 0 Å². The van der Waals surface area contributed by atoms with Gasteiger partial charge in [0.2, 0.25) is 0 Å². The SMILES string of the molecule is C#C[C@H](O)[C@H]1OC(C)(C)O[C@H]1[C@@H]1OC(C)(C)O[C@H]1/C=C/C(=O)OC. The highest BCUT2D eigenvalue weighted by molar-refractivity contribution is 5.81. The zero-order valence-electron chi connectivity index (χ0n) is 14.5. The molecule has 0 spiro atoms. The molecule has 1 N–H and O–H groups in total. The zero-order chi connectivity index (χ0) is 18.1. The fourth-order valence-corrected chi connectivity index (χ4v) is 2.87. The molecular weight excluding hydrogens is 316 g/mol. The number of ether oxygens (including phenoxy) is 5. The predicted octanol–water partition coefficient (Wildman–Crippen LogP) is 0.750. The molecule has 2 fully saturated rings. The lowest BCUT2D eigenvalue weighted by Gasteiger charge is -2.26. The summed E-state index contributed by atoms with van der Waals surface area (Å²) in [5.41, 5.74) is 0. The smallest absolute Gasteiger partial charge is 0.330 e. The Bertz CT molecular complexity index is 546. The third-order valence-corrected chi connectivity index (χ3v) is 3.76. The van der Waals surface area contributed by atoms with Crippen LogP contribution in [0.4, 0.5) is 0 Å². The second-order valence-corrected chi connectivity index (χ2v) is 6.62. The zero-order valence-corrected chi connectivity index (χ0v) is 14.5. The Kier molecular flexibility index (Phi) is 5.37. The minimum absolute atomic E-state index is 0.508. The van der Waals surface area contributed by atoms with Crippen LogP contribution in [-0.2, 0) is 28.5 Å². The molecule has 7 nitrogen and oxygen atoms in total. The Labute approximate surface area is 141 Å². The van der Waals surface area contributed by atoms with Crippen molar-refractivity contribution in [2.45, 2.75) is 69.8 Å².